The van der Waals surface area contributed by atoms with E-state index in [1.807, 2.05) is 35.0 Å². The first-order valence-electron chi connectivity index (χ1n) is 8.48. The summed E-state index contributed by atoms with van der Waals surface area (Å²) in [6.45, 7) is 0. The van der Waals surface area contributed by atoms with Crippen molar-refractivity contribution in [3.8, 4) is 0 Å². The number of halogens is 2. The zero-order valence-corrected chi connectivity index (χ0v) is 15.8. The maximum atomic E-state index is 13.4. The predicted molar refractivity (Wildman–Crippen MR) is 100 cm³/mol. The van der Waals surface area contributed by atoms with Crippen LogP contribution >= 0.6 is 11.6 Å². The van der Waals surface area contributed by atoms with E-state index in [4.69, 9.17) is 11.6 Å². The number of nitrogens with one attached hydrogen (secondary N) is 1. The fraction of sp³-hybridized carbons (Fsp3) is 0.211. The number of sulfonamides is 1. The molecule has 4 rings (SSSR count). The van der Waals surface area contributed by atoms with Crippen molar-refractivity contribution in [1.29, 1.82) is 0 Å². The minimum atomic E-state index is -3.90. The maximum absolute atomic E-state index is 13.4. The summed E-state index contributed by atoms with van der Waals surface area (Å²) in [5.41, 5.74) is 2.04. The van der Waals surface area contributed by atoms with E-state index in [2.05, 4.69) is 9.71 Å². The van der Waals surface area contributed by atoms with Crippen LogP contribution in [-0.2, 0) is 16.4 Å². The Labute approximate surface area is 161 Å². The maximum Gasteiger partial charge on any atom is 0.241 e. The molecule has 1 aliphatic rings. The molecule has 0 radical (unpaired) electrons. The van der Waals surface area contributed by atoms with Gasteiger partial charge < -0.3 is 4.57 Å². The summed E-state index contributed by atoms with van der Waals surface area (Å²) in [6, 6.07) is 10.6. The molecule has 0 unspecified atom stereocenters. The van der Waals surface area contributed by atoms with E-state index in [9.17, 15) is 12.8 Å². The predicted octanol–water partition coefficient (Wildman–Crippen LogP) is 3.88. The lowest BCUT2D eigenvalue weighted by atomic mass is 9.84. The van der Waals surface area contributed by atoms with Crippen molar-refractivity contribution in [2.75, 3.05) is 0 Å². The molecule has 0 saturated carbocycles. The fourth-order valence-electron chi connectivity index (χ4n) is 3.55. The summed E-state index contributed by atoms with van der Waals surface area (Å²) in [4.78, 5) is 4.02. The second-order valence-electron chi connectivity index (χ2n) is 6.49. The van der Waals surface area contributed by atoms with Gasteiger partial charge in [0.15, 0.2) is 0 Å². The molecule has 3 aromatic rings. The second kappa shape index (κ2) is 7.07. The molecule has 5 nitrogen and oxygen atoms in total. The number of hydrogen-bond acceptors (Lipinski definition) is 3. The van der Waals surface area contributed by atoms with Gasteiger partial charge in [-0.3, -0.25) is 0 Å². The number of rotatable bonds is 4. The molecule has 140 valence electrons. The third kappa shape index (κ3) is 3.50. The van der Waals surface area contributed by atoms with Gasteiger partial charge in [-0.25, -0.2) is 22.5 Å². The Morgan fingerprint density at radius 3 is 2.78 bits per heavy atom. The summed E-state index contributed by atoms with van der Waals surface area (Å²) in [6.07, 6.45) is 6.81. The first-order valence-corrected chi connectivity index (χ1v) is 10.3. The molecule has 1 aromatic heterocycles. The Bertz CT molecular complexity index is 1070. The van der Waals surface area contributed by atoms with Crippen LogP contribution in [0.1, 0.15) is 29.6 Å². The van der Waals surface area contributed by atoms with Gasteiger partial charge in [0.25, 0.3) is 0 Å². The van der Waals surface area contributed by atoms with Crippen molar-refractivity contribution in [3.63, 3.8) is 0 Å². The standard InChI is InChI=1S/C19H17ClFN3O2S/c20-16-11-14(6-7-17(16)21)27(25,26)23-19-15-4-2-1-3-13(15)5-8-18(19)24-10-9-22-12-24/h1-4,6-7,9-12,18-19,23H,5,8H2/t18-,19-/m1/s1. The van der Waals surface area contributed by atoms with Crippen LogP contribution in [0.3, 0.4) is 0 Å². The number of nitrogens with zero attached hydrogens (tertiary/aromatic N) is 2. The highest BCUT2D eigenvalue weighted by molar-refractivity contribution is 7.89. The van der Waals surface area contributed by atoms with Crippen LogP contribution in [0.25, 0.3) is 0 Å². The third-order valence-corrected chi connectivity index (χ3v) is 6.60. The number of benzene rings is 2. The van der Waals surface area contributed by atoms with Gasteiger partial charge >= 0.3 is 0 Å². The summed E-state index contributed by atoms with van der Waals surface area (Å²) in [7, 11) is -3.90. The fourth-order valence-corrected chi connectivity index (χ4v) is 5.07. The van der Waals surface area contributed by atoms with Crippen LogP contribution in [0.4, 0.5) is 4.39 Å². The number of aromatic nitrogens is 2. The van der Waals surface area contributed by atoms with Crippen LogP contribution in [0.2, 0.25) is 5.02 Å². The highest BCUT2D eigenvalue weighted by Crippen LogP contribution is 2.38. The Hall–Kier alpha value is -2.22. The molecular weight excluding hydrogens is 389 g/mol. The van der Waals surface area contributed by atoms with Gasteiger partial charge in [0.1, 0.15) is 5.82 Å². The smallest absolute Gasteiger partial charge is 0.241 e. The van der Waals surface area contributed by atoms with Crippen molar-refractivity contribution < 1.29 is 12.8 Å². The molecule has 0 spiro atoms. The Morgan fingerprint density at radius 2 is 2.04 bits per heavy atom. The van der Waals surface area contributed by atoms with E-state index in [0.29, 0.717) is 0 Å². The Kier molecular flexibility index (Phi) is 4.75. The van der Waals surface area contributed by atoms with E-state index in [-0.39, 0.29) is 16.0 Å². The zero-order valence-electron chi connectivity index (χ0n) is 14.2. The molecule has 8 heteroatoms. The van der Waals surface area contributed by atoms with Crippen molar-refractivity contribution in [1.82, 2.24) is 14.3 Å². The van der Waals surface area contributed by atoms with Crippen molar-refractivity contribution >= 4 is 21.6 Å². The quantitative estimate of drug-likeness (QED) is 0.716. The van der Waals surface area contributed by atoms with Crippen LogP contribution in [-0.4, -0.2) is 18.0 Å². The summed E-state index contributed by atoms with van der Waals surface area (Å²) in [5, 5.41) is -0.229. The Morgan fingerprint density at radius 1 is 1.22 bits per heavy atom. The number of imidazole rings is 1. The molecule has 1 aliphatic carbocycles. The SMILES string of the molecule is O=S(=O)(N[C@@H]1c2ccccc2CC[C@H]1n1ccnc1)c1ccc(F)c(Cl)c1. The summed E-state index contributed by atoms with van der Waals surface area (Å²) in [5.74, 6) is -0.657. The lowest BCUT2D eigenvalue weighted by Gasteiger charge is -2.34. The summed E-state index contributed by atoms with van der Waals surface area (Å²) >= 11 is 5.77. The molecule has 0 bridgehead atoms. The third-order valence-electron chi connectivity index (χ3n) is 4.88. The van der Waals surface area contributed by atoms with E-state index in [1.54, 1.807) is 12.5 Å². The molecule has 0 saturated heterocycles. The van der Waals surface area contributed by atoms with E-state index in [1.165, 1.54) is 6.07 Å². The van der Waals surface area contributed by atoms with Gasteiger partial charge in [0.2, 0.25) is 10.0 Å². The van der Waals surface area contributed by atoms with Crippen LogP contribution < -0.4 is 4.72 Å². The summed E-state index contributed by atoms with van der Waals surface area (Å²) < 4.78 is 44.1. The molecule has 0 aliphatic heterocycles. The topological polar surface area (TPSA) is 64.0 Å². The highest BCUT2D eigenvalue weighted by Gasteiger charge is 2.34. The Balaban J connectivity index is 1.75. The minimum Gasteiger partial charge on any atom is -0.332 e. The van der Waals surface area contributed by atoms with Gasteiger partial charge in [-0.15, -0.1) is 0 Å². The van der Waals surface area contributed by atoms with Gasteiger partial charge in [-0.05, 0) is 42.2 Å². The number of hydrogen-bond donors (Lipinski definition) is 1. The lowest BCUT2D eigenvalue weighted by Crippen LogP contribution is -2.37. The van der Waals surface area contributed by atoms with Crippen LogP contribution in [0.5, 0.6) is 0 Å². The van der Waals surface area contributed by atoms with Crippen molar-refractivity contribution in [3.05, 3.63) is 83.2 Å². The van der Waals surface area contributed by atoms with E-state index >= 15 is 0 Å². The van der Waals surface area contributed by atoms with E-state index in [0.717, 1.165) is 36.1 Å². The lowest BCUT2D eigenvalue weighted by molar-refractivity contribution is 0.348. The first-order chi connectivity index (χ1) is 13.0. The van der Waals surface area contributed by atoms with Crippen molar-refractivity contribution in [2.24, 2.45) is 0 Å². The number of fused-ring (bicyclic) bond motifs is 1. The monoisotopic (exact) mass is 405 g/mol. The van der Waals surface area contributed by atoms with Crippen LogP contribution in [0, 0.1) is 5.82 Å². The molecule has 27 heavy (non-hydrogen) atoms. The zero-order chi connectivity index (χ0) is 19.0. The highest BCUT2D eigenvalue weighted by atomic mass is 35.5. The first kappa shape index (κ1) is 18.2. The van der Waals surface area contributed by atoms with Crippen LogP contribution in [0.15, 0.2) is 66.1 Å². The largest absolute Gasteiger partial charge is 0.332 e. The molecule has 0 amide bonds. The second-order valence-corrected chi connectivity index (χ2v) is 8.61. The number of aryl methyl sites for hydroxylation is 1. The molecule has 2 aromatic carbocycles. The van der Waals surface area contributed by atoms with Gasteiger partial charge in [0, 0.05) is 12.4 Å². The average molecular weight is 406 g/mol. The molecule has 1 heterocycles. The average Bonchev–Trinajstić information content (AvgIpc) is 3.18. The van der Waals surface area contributed by atoms with Gasteiger partial charge in [0.05, 0.1) is 28.3 Å². The molecule has 1 N–H and O–H groups in total. The van der Waals surface area contributed by atoms with E-state index < -0.39 is 21.9 Å². The normalized spacial score (nSPS) is 19.6. The molecule has 2 atom stereocenters. The van der Waals surface area contributed by atoms with Crippen molar-refractivity contribution in [2.45, 2.75) is 29.8 Å². The molecular formula is C19H17ClFN3O2S. The van der Waals surface area contributed by atoms with Gasteiger partial charge in [-0.2, -0.15) is 0 Å². The minimum absolute atomic E-state index is 0.0682. The molecule has 0 fully saturated rings. The van der Waals surface area contributed by atoms with Gasteiger partial charge in [-0.1, -0.05) is 35.9 Å².